The van der Waals surface area contributed by atoms with Crippen LogP contribution in [0.3, 0.4) is 0 Å². The molecule has 7 nitrogen and oxygen atoms in total. The highest BCUT2D eigenvalue weighted by Crippen LogP contribution is 2.24. The molecule has 1 aliphatic rings. The van der Waals surface area contributed by atoms with Gasteiger partial charge in [0.1, 0.15) is 0 Å². The van der Waals surface area contributed by atoms with Gasteiger partial charge in [-0.1, -0.05) is 18.7 Å². The minimum Gasteiger partial charge on any atom is -0.378 e. The SMILES string of the molecule is C=CC(=O)Nc1cccc(-c2ccnc(Nc3ccc(N4CCOCC4)cc3)n2)c1. The third-order valence-corrected chi connectivity index (χ3v) is 4.77. The van der Waals surface area contributed by atoms with Crippen LogP contribution >= 0.6 is 0 Å². The first kappa shape index (κ1) is 19.6. The van der Waals surface area contributed by atoms with E-state index in [0.717, 1.165) is 43.2 Å². The zero-order valence-electron chi connectivity index (χ0n) is 16.5. The van der Waals surface area contributed by atoms with Gasteiger partial charge in [-0.2, -0.15) is 0 Å². The number of nitrogens with zero attached hydrogens (tertiary/aromatic N) is 3. The number of ether oxygens (including phenoxy) is 1. The van der Waals surface area contributed by atoms with Gasteiger partial charge in [-0.25, -0.2) is 9.97 Å². The number of nitrogens with one attached hydrogen (secondary N) is 2. The molecule has 2 aromatic carbocycles. The molecule has 1 aromatic heterocycles. The molecule has 7 heteroatoms. The van der Waals surface area contributed by atoms with E-state index in [2.05, 4.69) is 44.2 Å². The number of hydrogen-bond acceptors (Lipinski definition) is 6. The highest BCUT2D eigenvalue weighted by atomic mass is 16.5. The van der Waals surface area contributed by atoms with Gasteiger partial charge in [-0.05, 0) is 48.5 Å². The van der Waals surface area contributed by atoms with Crippen molar-refractivity contribution in [1.29, 1.82) is 0 Å². The maximum absolute atomic E-state index is 11.5. The van der Waals surface area contributed by atoms with Gasteiger partial charge in [0.05, 0.1) is 18.9 Å². The van der Waals surface area contributed by atoms with Gasteiger partial charge in [0, 0.05) is 41.9 Å². The van der Waals surface area contributed by atoms with Gasteiger partial charge in [-0.15, -0.1) is 0 Å². The Hall–Kier alpha value is -3.71. The van der Waals surface area contributed by atoms with Crippen molar-refractivity contribution in [1.82, 2.24) is 9.97 Å². The van der Waals surface area contributed by atoms with E-state index in [1.54, 1.807) is 6.20 Å². The van der Waals surface area contributed by atoms with Crippen LogP contribution in [-0.2, 0) is 9.53 Å². The standard InChI is InChI=1S/C23H23N5O2/c1-2-22(29)25-19-5-3-4-17(16-19)21-10-11-24-23(27-21)26-18-6-8-20(9-7-18)28-12-14-30-15-13-28/h2-11,16H,1,12-15H2,(H,25,29)(H,24,26,27). The molecule has 1 fully saturated rings. The molecule has 0 bridgehead atoms. The van der Waals surface area contributed by atoms with Gasteiger partial charge < -0.3 is 20.3 Å². The fraction of sp³-hybridized carbons (Fsp3) is 0.174. The summed E-state index contributed by atoms with van der Waals surface area (Å²) in [5.74, 6) is 0.255. The molecule has 2 heterocycles. The molecule has 0 radical (unpaired) electrons. The largest absolute Gasteiger partial charge is 0.378 e. The third kappa shape index (κ3) is 4.82. The summed E-state index contributed by atoms with van der Waals surface area (Å²) >= 11 is 0. The average Bonchev–Trinajstić information content (AvgIpc) is 2.80. The first-order valence-corrected chi connectivity index (χ1v) is 9.78. The second-order valence-corrected chi connectivity index (χ2v) is 6.81. The van der Waals surface area contributed by atoms with Gasteiger partial charge in [-0.3, -0.25) is 4.79 Å². The quantitative estimate of drug-likeness (QED) is 0.611. The van der Waals surface area contributed by atoms with Crippen molar-refractivity contribution >= 4 is 28.9 Å². The van der Waals surface area contributed by atoms with E-state index >= 15 is 0 Å². The molecule has 0 saturated carbocycles. The fourth-order valence-corrected chi connectivity index (χ4v) is 3.24. The van der Waals surface area contributed by atoms with Crippen LogP contribution in [0, 0.1) is 0 Å². The second-order valence-electron chi connectivity index (χ2n) is 6.81. The lowest BCUT2D eigenvalue weighted by Gasteiger charge is -2.28. The molecule has 2 N–H and O–H groups in total. The minimum absolute atomic E-state index is 0.252. The summed E-state index contributed by atoms with van der Waals surface area (Å²) in [5, 5.41) is 6.01. The lowest BCUT2D eigenvalue weighted by atomic mass is 10.1. The Labute approximate surface area is 175 Å². The number of hydrogen-bond donors (Lipinski definition) is 2. The van der Waals surface area contributed by atoms with E-state index in [-0.39, 0.29) is 5.91 Å². The number of morpholine rings is 1. The highest BCUT2D eigenvalue weighted by molar-refractivity contribution is 5.99. The van der Waals surface area contributed by atoms with E-state index in [9.17, 15) is 4.79 Å². The number of aromatic nitrogens is 2. The van der Waals surface area contributed by atoms with Crippen molar-refractivity contribution in [3.05, 3.63) is 73.4 Å². The number of benzene rings is 2. The van der Waals surface area contributed by atoms with Crippen LogP contribution in [0.1, 0.15) is 0 Å². The summed E-state index contributed by atoms with van der Waals surface area (Å²) in [6, 6.07) is 17.5. The lowest BCUT2D eigenvalue weighted by Crippen LogP contribution is -2.36. The van der Waals surface area contributed by atoms with Crippen molar-refractivity contribution in [2.75, 3.05) is 41.8 Å². The Morgan fingerprint density at radius 2 is 1.87 bits per heavy atom. The van der Waals surface area contributed by atoms with E-state index in [1.165, 1.54) is 11.8 Å². The molecule has 0 unspecified atom stereocenters. The summed E-state index contributed by atoms with van der Waals surface area (Å²) in [7, 11) is 0. The third-order valence-electron chi connectivity index (χ3n) is 4.77. The molecule has 1 saturated heterocycles. The minimum atomic E-state index is -0.252. The number of anilines is 4. The summed E-state index contributed by atoms with van der Waals surface area (Å²) in [5.41, 5.74) is 4.41. The molecule has 1 aliphatic heterocycles. The Morgan fingerprint density at radius 3 is 2.63 bits per heavy atom. The molecule has 30 heavy (non-hydrogen) atoms. The van der Waals surface area contributed by atoms with E-state index in [1.807, 2.05) is 42.5 Å². The van der Waals surface area contributed by atoms with Crippen LogP contribution < -0.4 is 15.5 Å². The van der Waals surface area contributed by atoms with Crippen LogP contribution in [0.2, 0.25) is 0 Å². The van der Waals surface area contributed by atoms with E-state index in [0.29, 0.717) is 11.6 Å². The maximum atomic E-state index is 11.5. The van der Waals surface area contributed by atoms with Crippen molar-refractivity contribution in [2.45, 2.75) is 0 Å². The summed E-state index contributed by atoms with van der Waals surface area (Å²) in [4.78, 5) is 22.8. The monoisotopic (exact) mass is 401 g/mol. The van der Waals surface area contributed by atoms with Crippen LogP contribution in [0.15, 0.2) is 73.4 Å². The fourth-order valence-electron chi connectivity index (χ4n) is 3.24. The topological polar surface area (TPSA) is 79.4 Å². The summed E-state index contributed by atoms with van der Waals surface area (Å²) < 4.78 is 5.41. The van der Waals surface area contributed by atoms with Crippen molar-refractivity contribution in [3.63, 3.8) is 0 Å². The molecule has 152 valence electrons. The molecule has 0 spiro atoms. The van der Waals surface area contributed by atoms with E-state index in [4.69, 9.17) is 4.74 Å². The second kappa shape index (κ2) is 9.19. The predicted molar refractivity (Wildman–Crippen MR) is 119 cm³/mol. The van der Waals surface area contributed by atoms with Gasteiger partial charge >= 0.3 is 0 Å². The smallest absolute Gasteiger partial charge is 0.247 e. The van der Waals surface area contributed by atoms with Crippen LogP contribution in [0.5, 0.6) is 0 Å². The highest BCUT2D eigenvalue weighted by Gasteiger charge is 2.11. The molecule has 0 aliphatic carbocycles. The van der Waals surface area contributed by atoms with Crippen molar-refractivity contribution < 1.29 is 9.53 Å². The Bertz CT molecular complexity index is 1030. The van der Waals surface area contributed by atoms with Crippen LogP contribution in [-0.4, -0.2) is 42.2 Å². The average molecular weight is 401 g/mol. The molecule has 0 atom stereocenters. The Kier molecular flexibility index (Phi) is 6.01. The molecule has 3 aromatic rings. The summed E-state index contributed by atoms with van der Waals surface area (Å²) in [6.07, 6.45) is 2.95. The molecule has 1 amide bonds. The maximum Gasteiger partial charge on any atom is 0.247 e. The van der Waals surface area contributed by atoms with Crippen LogP contribution in [0.4, 0.5) is 23.0 Å². The molecular formula is C23H23N5O2. The number of carbonyl (C=O) groups is 1. The lowest BCUT2D eigenvalue weighted by molar-refractivity contribution is -0.111. The first-order chi connectivity index (χ1) is 14.7. The van der Waals surface area contributed by atoms with Crippen molar-refractivity contribution in [3.8, 4) is 11.3 Å². The first-order valence-electron chi connectivity index (χ1n) is 9.78. The zero-order valence-corrected chi connectivity index (χ0v) is 16.5. The number of amides is 1. The number of carbonyl (C=O) groups excluding carboxylic acids is 1. The predicted octanol–water partition coefficient (Wildman–Crippen LogP) is 3.85. The van der Waals surface area contributed by atoms with Crippen molar-refractivity contribution in [2.24, 2.45) is 0 Å². The van der Waals surface area contributed by atoms with Gasteiger partial charge in [0.25, 0.3) is 0 Å². The number of rotatable bonds is 6. The molecule has 4 rings (SSSR count). The zero-order chi connectivity index (χ0) is 20.8. The van der Waals surface area contributed by atoms with Crippen LogP contribution in [0.25, 0.3) is 11.3 Å². The van der Waals surface area contributed by atoms with Gasteiger partial charge in [0.2, 0.25) is 11.9 Å². The Balaban J connectivity index is 1.48. The van der Waals surface area contributed by atoms with Gasteiger partial charge in [0.15, 0.2) is 0 Å². The molecular weight excluding hydrogens is 378 g/mol. The van der Waals surface area contributed by atoms with E-state index < -0.39 is 0 Å². The normalized spacial score (nSPS) is 13.5. The summed E-state index contributed by atoms with van der Waals surface area (Å²) in [6.45, 7) is 6.81. The Morgan fingerprint density at radius 1 is 1.07 bits per heavy atom.